The molecule has 0 bridgehead atoms. The normalized spacial score (nSPS) is 30.2. The molecule has 2 rings (SSSR count). The maximum Gasteiger partial charge on any atom is 0.0702 e. The fourth-order valence-corrected chi connectivity index (χ4v) is 4.82. The highest BCUT2D eigenvalue weighted by molar-refractivity contribution is 7.99. The smallest absolute Gasteiger partial charge is 0.0702 e. The van der Waals surface area contributed by atoms with E-state index in [2.05, 4.69) is 13.8 Å². The van der Waals surface area contributed by atoms with Gasteiger partial charge >= 0.3 is 0 Å². The lowest BCUT2D eigenvalue weighted by molar-refractivity contribution is -0.144. The van der Waals surface area contributed by atoms with E-state index in [0.29, 0.717) is 5.92 Å². The Kier molecular flexibility index (Phi) is 5.62. The van der Waals surface area contributed by atoms with Gasteiger partial charge in [0.05, 0.1) is 11.2 Å². The summed E-state index contributed by atoms with van der Waals surface area (Å²) in [6.45, 7) is 5.13. The summed E-state index contributed by atoms with van der Waals surface area (Å²) in [5.74, 6) is 2.89. The van der Waals surface area contributed by atoms with E-state index < -0.39 is 5.60 Å². The van der Waals surface area contributed by atoms with Gasteiger partial charge in [-0.05, 0) is 56.5 Å². The molecule has 2 nitrogen and oxygen atoms in total. The van der Waals surface area contributed by atoms with E-state index in [-0.39, 0.29) is 5.60 Å². The first-order valence-corrected chi connectivity index (χ1v) is 9.17. The zero-order valence-electron chi connectivity index (χ0n) is 12.6. The average molecular weight is 286 g/mol. The second-order valence-electron chi connectivity index (χ2n) is 6.65. The van der Waals surface area contributed by atoms with Crippen LogP contribution in [0.25, 0.3) is 0 Å². The van der Waals surface area contributed by atoms with E-state index in [4.69, 9.17) is 4.74 Å². The van der Waals surface area contributed by atoms with Crippen LogP contribution in [0.1, 0.15) is 65.2 Å². The number of hydrogen-bond acceptors (Lipinski definition) is 3. The Morgan fingerprint density at radius 3 is 2.74 bits per heavy atom. The Balaban J connectivity index is 1.91. The Labute approximate surface area is 122 Å². The van der Waals surface area contributed by atoms with Crippen LogP contribution in [0.15, 0.2) is 0 Å². The second-order valence-corrected chi connectivity index (χ2v) is 7.87. The molecule has 112 valence electrons. The van der Waals surface area contributed by atoms with Crippen LogP contribution in [-0.4, -0.2) is 34.4 Å². The molecule has 0 aromatic heterocycles. The van der Waals surface area contributed by atoms with Gasteiger partial charge in [-0.15, -0.1) is 0 Å². The van der Waals surface area contributed by atoms with Crippen molar-refractivity contribution in [3.05, 3.63) is 0 Å². The first-order chi connectivity index (χ1) is 9.08. The topological polar surface area (TPSA) is 29.5 Å². The van der Waals surface area contributed by atoms with Crippen molar-refractivity contribution in [1.29, 1.82) is 0 Å². The first kappa shape index (κ1) is 15.7. The molecule has 0 amide bonds. The molecular formula is C16H30O2S. The number of unbranched alkanes of at least 4 members (excludes halogenated alkanes) is 2. The molecule has 2 saturated heterocycles. The fraction of sp³-hybridized carbons (Fsp3) is 1.00. The molecule has 2 unspecified atom stereocenters. The number of aliphatic hydroxyl groups is 1. The maximum atomic E-state index is 10.8. The largest absolute Gasteiger partial charge is 0.390 e. The Bertz CT molecular complexity index is 266. The van der Waals surface area contributed by atoms with Crippen molar-refractivity contribution in [2.75, 3.05) is 18.1 Å². The van der Waals surface area contributed by atoms with Crippen LogP contribution in [0.3, 0.4) is 0 Å². The van der Waals surface area contributed by atoms with Gasteiger partial charge in [-0.2, -0.15) is 11.8 Å². The molecular weight excluding hydrogens is 256 g/mol. The fourth-order valence-electron chi connectivity index (χ4n) is 3.59. The van der Waals surface area contributed by atoms with E-state index >= 15 is 0 Å². The molecule has 3 heteroatoms. The van der Waals surface area contributed by atoms with E-state index in [9.17, 15) is 5.11 Å². The van der Waals surface area contributed by atoms with Crippen molar-refractivity contribution in [2.24, 2.45) is 5.92 Å². The van der Waals surface area contributed by atoms with Gasteiger partial charge in [0.25, 0.3) is 0 Å². The molecule has 19 heavy (non-hydrogen) atoms. The number of ether oxygens (including phenoxy) is 1. The van der Waals surface area contributed by atoms with Crippen molar-refractivity contribution in [2.45, 2.75) is 76.4 Å². The van der Waals surface area contributed by atoms with E-state index in [1.807, 2.05) is 11.8 Å². The van der Waals surface area contributed by atoms with Gasteiger partial charge in [-0.25, -0.2) is 0 Å². The minimum Gasteiger partial charge on any atom is -0.390 e. The molecule has 0 aliphatic carbocycles. The Morgan fingerprint density at radius 1 is 1.32 bits per heavy atom. The highest BCUT2D eigenvalue weighted by Crippen LogP contribution is 2.44. The summed E-state index contributed by atoms with van der Waals surface area (Å²) in [5.41, 5.74) is -0.389. The average Bonchev–Trinajstić information content (AvgIpc) is 2.40. The zero-order chi connectivity index (χ0) is 13.8. The molecule has 2 fully saturated rings. The van der Waals surface area contributed by atoms with E-state index in [0.717, 1.165) is 32.3 Å². The van der Waals surface area contributed by atoms with Crippen LogP contribution in [0.4, 0.5) is 0 Å². The number of thioether (sulfide) groups is 1. The summed E-state index contributed by atoms with van der Waals surface area (Å²) in [4.78, 5) is 0. The Hall–Kier alpha value is 0.270. The molecule has 1 N–H and O–H groups in total. The zero-order valence-corrected chi connectivity index (χ0v) is 13.4. The van der Waals surface area contributed by atoms with Gasteiger partial charge in [0.15, 0.2) is 0 Å². The molecule has 2 aliphatic heterocycles. The first-order valence-electron chi connectivity index (χ1n) is 8.02. The predicted molar refractivity (Wildman–Crippen MR) is 82.7 cm³/mol. The molecule has 0 radical (unpaired) electrons. The number of rotatable bonds is 5. The van der Waals surface area contributed by atoms with Gasteiger partial charge in [0.2, 0.25) is 0 Å². The highest BCUT2D eigenvalue weighted by atomic mass is 32.2. The summed E-state index contributed by atoms with van der Waals surface area (Å²) < 4.78 is 6.13. The van der Waals surface area contributed by atoms with Gasteiger partial charge in [-0.1, -0.05) is 26.2 Å². The lowest BCUT2D eigenvalue weighted by Crippen LogP contribution is -2.49. The van der Waals surface area contributed by atoms with E-state index in [1.165, 1.54) is 37.2 Å². The van der Waals surface area contributed by atoms with Crippen LogP contribution < -0.4 is 0 Å². The predicted octanol–water partition coefficient (Wildman–Crippen LogP) is 4.01. The Morgan fingerprint density at radius 2 is 2.05 bits per heavy atom. The third kappa shape index (κ3) is 4.12. The highest BCUT2D eigenvalue weighted by Gasteiger charge is 2.44. The summed E-state index contributed by atoms with van der Waals surface area (Å²) in [6.07, 6.45) is 9.05. The lowest BCUT2D eigenvalue weighted by atomic mass is 9.73. The SMILES string of the molecule is CCCCCC(C)(O)C1CCOC2(CCSCC2)C1. The third-order valence-electron chi connectivity index (χ3n) is 5.06. The lowest BCUT2D eigenvalue weighted by Gasteiger charge is -2.47. The summed E-state index contributed by atoms with van der Waals surface area (Å²) >= 11 is 2.05. The van der Waals surface area contributed by atoms with E-state index in [1.54, 1.807) is 0 Å². The summed E-state index contributed by atoms with van der Waals surface area (Å²) in [5, 5.41) is 10.8. The van der Waals surface area contributed by atoms with Crippen LogP contribution in [0.2, 0.25) is 0 Å². The number of hydrogen-bond donors (Lipinski definition) is 1. The van der Waals surface area contributed by atoms with Crippen molar-refractivity contribution in [1.82, 2.24) is 0 Å². The van der Waals surface area contributed by atoms with Crippen LogP contribution in [0, 0.1) is 5.92 Å². The minimum absolute atomic E-state index is 0.100. The molecule has 2 atom stereocenters. The molecule has 0 aromatic carbocycles. The molecule has 0 saturated carbocycles. The summed E-state index contributed by atoms with van der Waals surface area (Å²) in [6, 6.07) is 0. The monoisotopic (exact) mass is 286 g/mol. The minimum atomic E-state index is -0.490. The van der Waals surface area contributed by atoms with Crippen molar-refractivity contribution >= 4 is 11.8 Å². The van der Waals surface area contributed by atoms with Gasteiger partial charge in [0, 0.05) is 6.61 Å². The molecule has 1 spiro atoms. The van der Waals surface area contributed by atoms with Crippen molar-refractivity contribution in [3.63, 3.8) is 0 Å². The van der Waals surface area contributed by atoms with Crippen LogP contribution in [-0.2, 0) is 4.74 Å². The van der Waals surface area contributed by atoms with Gasteiger partial charge in [0.1, 0.15) is 0 Å². The van der Waals surface area contributed by atoms with Crippen molar-refractivity contribution < 1.29 is 9.84 Å². The molecule has 0 aromatic rings. The van der Waals surface area contributed by atoms with Crippen LogP contribution in [0.5, 0.6) is 0 Å². The third-order valence-corrected chi connectivity index (χ3v) is 6.05. The summed E-state index contributed by atoms with van der Waals surface area (Å²) in [7, 11) is 0. The quantitative estimate of drug-likeness (QED) is 0.774. The van der Waals surface area contributed by atoms with Crippen LogP contribution >= 0.6 is 11.8 Å². The standard InChI is InChI=1S/C16H30O2S/c1-3-4-5-7-15(2,17)14-6-10-18-16(13-14)8-11-19-12-9-16/h14,17H,3-13H2,1-2H3. The van der Waals surface area contributed by atoms with Crippen molar-refractivity contribution in [3.8, 4) is 0 Å². The maximum absolute atomic E-state index is 10.8. The van der Waals surface area contributed by atoms with Gasteiger partial charge < -0.3 is 9.84 Å². The van der Waals surface area contributed by atoms with Gasteiger partial charge in [-0.3, -0.25) is 0 Å². The second kappa shape index (κ2) is 6.82. The molecule has 2 heterocycles. The molecule has 2 aliphatic rings.